The number of para-hydroxylation sites is 1. The molecule has 0 bridgehead atoms. The molecule has 166 valence electrons. The number of esters is 1. The summed E-state index contributed by atoms with van der Waals surface area (Å²) in [5, 5.41) is 2.64. The highest BCUT2D eigenvalue weighted by atomic mass is 16.5. The lowest BCUT2D eigenvalue weighted by atomic mass is 10.0. The molecule has 1 saturated carbocycles. The molecule has 1 aromatic carbocycles. The number of nitrogens with one attached hydrogen (secondary N) is 1. The van der Waals surface area contributed by atoms with Crippen molar-refractivity contribution in [3.63, 3.8) is 0 Å². The smallest absolute Gasteiger partial charge is 0.329 e. The average molecular weight is 427 g/mol. The quantitative estimate of drug-likeness (QED) is 0.465. The average Bonchev–Trinajstić information content (AvgIpc) is 3.53. The number of aryl methyl sites for hydroxylation is 1. The molecule has 1 amide bonds. The number of hydrogen-bond acceptors (Lipinski definition) is 5. The van der Waals surface area contributed by atoms with Crippen LogP contribution in [-0.2, 0) is 14.3 Å². The van der Waals surface area contributed by atoms with E-state index in [1.54, 1.807) is 38.1 Å². The fourth-order valence-electron chi connectivity index (χ4n) is 3.64. The van der Waals surface area contributed by atoms with E-state index in [9.17, 15) is 14.4 Å². The van der Waals surface area contributed by atoms with Crippen LogP contribution in [-0.4, -0.2) is 41.5 Å². The van der Waals surface area contributed by atoms with Crippen molar-refractivity contribution in [1.82, 2.24) is 9.88 Å². The van der Waals surface area contributed by atoms with Gasteiger partial charge in [-0.05, 0) is 50.8 Å². The highest BCUT2D eigenvalue weighted by Gasteiger charge is 2.30. The predicted octanol–water partition coefficient (Wildman–Crippen LogP) is 3.39. The van der Waals surface area contributed by atoms with E-state index in [4.69, 9.17) is 9.47 Å². The summed E-state index contributed by atoms with van der Waals surface area (Å²) in [6, 6.07) is 10.4. The standard InChI is InChI=1S/C24H30N2O5/c1-15(2)23(25-22(28)14-30-19-8-6-5-7-9-19)24(29)31-13-21(27)20-12-16(3)26(17(20)4)18-10-11-18/h5-9,12,15,18,23H,10-11,13-14H2,1-4H3,(H,25,28)/t23-/m0/s1. The molecule has 0 radical (unpaired) electrons. The SMILES string of the molecule is Cc1cc(C(=O)COC(=O)[C@@H](NC(=O)COc2ccccc2)C(C)C)c(C)n1C1CC1. The third kappa shape index (κ3) is 5.75. The summed E-state index contributed by atoms with van der Waals surface area (Å²) in [7, 11) is 0. The van der Waals surface area contributed by atoms with Crippen LogP contribution in [0.3, 0.4) is 0 Å². The van der Waals surface area contributed by atoms with Crippen molar-refractivity contribution in [3.05, 3.63) is 53.3 Å². The minimum absolute atomic E-state index is 0.205. The molecule has 0 aliphatic heterocycles. The number of hydrogen-bond donors (Lipinski definition) is 1. The van der Waals surface area contributed by atoms with Crippen molar-refractivity contribution in [2.24, 2.45) is 5.92 Å². The number of ether oxygens (including phenoxy) is 2. The fraction of sp³-hybridized carbons (Fsp3) is 0.458. The Balaban J connectivity index is 1.53. The lowest BCUT2D eigenvalue weighted by Crippen LogP contribution is -2.47. The third-order valence-electron chi connectivity index (χ3n) is 5.39. The largest absolute Gasteiger partial charge is 0.484 e. The highest BCUT2D eigenvalue weighted by molar-refractivity contribution is 5.99. The maximum atomic E-state index is 12.7. The summed E-state index contributed by atoms with van der Waals surface area (Å²) < 4.78 is 12.9. The van der Waals surface area contributed by atoms with E-state index in [1.807, 2.05) is 26.0 Å². The second kappa shape index (κ2) is 9.81. The van der Waals surface area contributed by atoms with Crippen LogP contribution in [0.5, 0.6) is 5.75 Å². The Hall–Kier alpha value is -3.09. The van der Waals surface area contributed by atoms with Gasteiger partial charge in [-0.1, -0.05) is 32.0 Å². The van der Waals surface area contributed by atoms with E-state index in [0.717, 1.165) is 24.2 Å². The van der Waals surface area contributed by atoms with Gasteiger partial charge in [0, 0.05) is 23.0 Å². The van der Waals surface area contributed by atoms with Crippen LogP contribution in [0.1, 0.15) is 54.5 Å². The number of carbonyl (C=O) groups excluding carboxylic acids is 3. The van der Waals surface area contributed by atoms with Crippen molar-refractivity contribution in [2.45, 2.75) is 52.6 Å². The van der Waals surface area contributed by atoms with Crippen molar-refractivity contribution in [1.29, 1.82) is 0 Å². The molecule has 1 aliphatic rings. The number of rotatable bonds is 10. The van der Waals surface area contributed by atoms with Gasteiger partial charge in [-0.15, -0.1) is 0 Å². The zero-order valence-corrected chi connectivity index (χ0v) is 18.5. The van der Waals surface area contributed by atoms with Gasteiger partial charge in [-0.3, -0.25) is 9.59 Å². The van der Waals surface area contributed by atoms with Gasteiger partial charge in [-0.25, -0.2) is 4.79 Å². The number of ketones is 1. The van der Waals surface area contributed by atoms with Gasteiger partial charge in [0.25, 0.3) is 5.91 Å². The number of carbonyl (C=O) groups is 3. The summed E-state index contributed by atoms with van der Waals surface area (Å²) in [5.41, 5.74) is 2.53. The number of benzene rings is 1. The first-order chi connectivity index (χ1) is 14.8. The first-order valence-corrected chi connectivity index (χ1v) is 10.6. The molecule has 31 heavy (non-hydrogen) atoms. The van der Waals surface area contributed by atoms with Crippen LogP contribution < -0.4 is 10.1 Å². The molecular formula is C24H30N2O5. The zero-order valence-electron chi connectivity index (χ0n) is 18.5. The van der Waals surface area contributed by atoms with Crippen LogP contribution in [0.4, 0.5) is 0 Å². The first kappa shape index (κ1) is 22.6. The molecule has 1 heterocycles. The second-order valence-corrected chi connectivity index (χ2v) is 8.31. The van der Waals surface area contributed by atoms with E-state index in [-0.39, 0.29) is 24.9 Å². The number of nitrogens with zero attached hydrogens (tertiary/aromatic N) is 1. The molecule has 1 atom stereocenters. The van der Waals surface area contributed by atoms with Gasteiger partial charge in [0.1, 0.15) is 11.8 Å². The Morgan fingerprint density at radius 3 is 2.39 bits per heavy atom. The molecule has 7 heteroatoms. The van der Waals surface area contributed by atoms with E-state index >= 15 is 0 Å². The first-order valence-electron chi connectivity index (χ1n) is 10.6. The Kier molecular flexibility index (Phi) is 7.15. The predicted molar refractivity (Wildman–Crippen MR) is 116 cm³/mol. The molecular weight excluding hydrogens is 396 g/mol. The molecule has 1 aromatic heterocycles. The fourth-order valence-corrected chi connectivity index (χ4v) is 3.64. The molecule has 1 fully saturated rings. The minimum atomic E-state index is -0.862. The Morgan fingerprint density at radius 1 is 1.10 bits per heavy atom. The van der Waals surface area contributed by atoms with E-state index in [2.05, 4.69) is 9.88 Å². The molecule has 3 rings (SSSR count). The second-order valence-electron chi connectivity index (χ2n) is 8.31. The lowest BCUT2D eigenvalue weighted by molar-refractivity contribution is -0.148. The van der Waals surface area contributed by atoms with Gasteiger partial charge in [0.05, 0.1) is 0 Å². The lowest BCUT2D eigenvalue weighted by Gasteiger charge is -2.20. The van der Waals surface area contributed by atoms with Crippen LogP contribution >= 0.6 is 0 Å². The van der Waals surface area contributed by atoms with Gasteiger partial charge in [0.2, 0.25) is 5.78 Å². The van der Waals surface area contributed by atoms with Crippen molar-refractivity contribution >= 4 is 17.7 Å². The molecule has 2 aromatic rings. The van der Waals surface area contributed by atoms with Crippen LogP contribution in [0.25, 0.3) is 0 Å². The van der Waals surface area contributed by atoms with Crippen LogP contribution in [0.15, 0.2) is 36.4 Å². The summed E-state index contributed by atoms with van der Waals surface area (Å²) in [4.78, 5) is 37.5. The van der Waals surface area contributed by atoms with Gasteiger partial charge < -0.3 is 19.4 Å². The highest BCUT2D eigenvalue weighted by Crippen LogP contribution is 2.38. The Bertz CT molecular complexity index is 944. The third-order valence-corrected chi connectivity index (χ3v) is 5.39. The number of aromatic nitrogens is 1. The maximum Gasteiger partial charge on any atom is 0.329 e. The van der Waals surface area contributed by atoms with E-state index < -0.39 is 17.9 Å². The summed E-state index contributed by atoms with van der Waals surface area (Å²) in [5.74, 6) is -0.945. The molecule has 7 nitrogen and oxygen atoms in total. The Labute approximate surface area is 182 Å². The van der Waals surface area contributed by atoms with Gasteiger partial charge in [0.15, 0.2) is 13.2 Å². The molecule has 1 N–H and O–H groups in total. The van der Waals surface area contributed by atoms with Crippen molar-refractivity contribution in [3.8, 4) is 5.75 Å². The summed E-state index contributed by atoms with van der Waals surface area (Å²) >= 11 is 0. The summed E-state index contributed by atoms with van der Waals surface area (Å²) in [6.07, 6.45) is 2.26. The number of Topliss-reactive ketones (excluding diaryl/α,β-unsaturated/α-hetero) is 1. The summed E-state index contributed by atoms with van der Waals surface area (Å²) in [6.45, 7) is 6.94. The normalized spacial score (nSPS) is 14.2. The van der Waals surface area contributed by atoms with Gasteiger partial charge in [-0.2, -0.15) is 0 Å². The van der Waals surface area contributed by atoms with Crippen LogP contribution in [0, 0.1) is 19.8 Å². The molecule has 0 unspecified atom stereocenters. The molecule has 0 spiro atoms. The monoisotopic (exact) mass is 426 g/mol. The van der Waals surface area contributed by atoms with Crippen molar-refractivity contribution in [2.75, 3.05) is 13.2 Å². The van der Waals surface area contributed by atoms with E-state index in [1.165, 1.54) is 0 Å². The zero-order chi connectivity index (χ0) is 22.5. The molecule has 0 saturated heterocycles. The Morgan fingerprint density at radius 2 is 1.77 bits per heavy atom. The van der Waals surface area contributed by atoms with Crippen LogP contribution in [0.2, 0.25) is 0 Å². The minimum Gasteiger partial charge on any atom is -0.484 e. The van der Waals surface area contributed by atoms with E-state index in [0.29, 0.717) is 17.4 Å². The topological polar surface area (TPSA) is 86.6 Å². The maximum absolute atomic E-state index is 12.7. The van der Waals surface area contributed by atoms with Crippen molar-refractivity contribution < 1.29 is 23.9 Å². The molecule has 1 aliphatic carbocycles. The van der Waals surface area contributed by atoms with Gasteiger partial charge >= 0.3 is 5.97 Å². The number of amides is 1.